The van der Waals surface area contributed by atoms with Crippen molar-refractivity contribution in [2.24, 2.45) is 0 Å². The molecule has 0 aliphatic heterocycles. The molecular weight excluding hydrogens is 424 g/mol. The van der Waals surface area contributed by atoms with Gasteiger partial charge < -0.3 is 25.5 Å². The number of fused-ring (bicyclic) bond motifs is 1. The average Bonchev–Trinajstić information content (AvgIpc) is 3.24. The van der Waals surface area contributed by atoms with Crippen LogP contribution in [0.4, 0.5) is 4.79 Å². The molecule has 2 atom stereocenters. The van der Waals surface area contributed by atoms with Gasteiger partial charge >= 0.3 is 12.1 Å². The first kappa shape index (κ1) is 23.8. The number of aliphatic carboxylic acids is 1. The second-order valence-electron chi connectivity index (χ2n) is 8.72. The molecular formula is C24H28N4O5. The molecule has 4 N–H and O–H groups in total. The lowest BCUT2D eigenvalue weighted by molar-refractivity contribution is -0.142. The zero-order valence-corrected chi connectivity index (χ0v) is 18.8. The van der Waals surface area contributed by atoms with Crippen molar-refractivity contribution in [2.75, 3.05) is 0 Å². The van der Waals surface area contributed by atoms with Crippen molar-refractivity contribution in [2.45, 2.75) is 51.3 Å². The number of carbonyl (C=O) groups excluding carboxylic acids is 2. The van der Waals surface area contributed by atoms with Crippen molar-refractivity contribution in [1.82, 2.24) is 20.6 Å². The fourth-order valence-electron chi connectivity index (χ4n) is 3.44. The normalized spacial score (nSPS) is 13.2. The van der Waals surface area contributed by atoms with Crippen LogP contribution in [0.25, 0.3) is 10.8 Å². The summed E-state index contributed by atoms with van der Waals surface area (Å²) < 4.78 is 5.32. The number of aromatic amines is 1. The summed E-state index contributed by atoms with van der Waals surface area (Å²) >= 11 is 0. The van der Waals surface area contributed by atoms with E-state index in [2.05, 4.69) is 20.6 Å². The predicted octanol–water partition coefficient (Wildman–Crippen LogP) is 2.81. The number of alkyl carbamates (subject to hydrolysis) is 1. The highest BCUT2D eigenvalue weighted by Crippen LogP contribution is 2.20. The summed E-state index contributed by atoms with van der Waals surface area (Å²) in [4.78, 5) is 44.1. The number of carbonyl (C=O) groups is 3. The van der Waals surface area contributed by atoms with Crippen molar-refractivity contribution in [3.63, 3.8) is 0 Å². The number of carboxylic acid groups (broad SMARTS) is 1. The third-order valence-electron chi connectivity index (χ3n) is 4.90. The molecule has 0 radical (unpaired) electrons. The molecule has 33 heavy (non-hydrogen) atoms. The third-order valence-corrected chi connectivity index (χ3v) is 4.90. The van der Waals surface area contributed by atoms with Gasteiger partial charge in [-0.15, -0.1) is 0 Å². The largest absolute Gasteiger partial charge is 0.480 e. The van der Waals surface area contributed by atoms with Gasteiger partial charge in [-0.05, 0) is 37.1 Å². The molecule has 0 aliphatic rings. The number of nitrogens with one attached hydrogen (secondary N) is 3. The van der Waals surface area contributed by atoms with Gasteiger partial charge in [0, 0.05) is 24.7 Å². The highest BCUT2D eigenvalue weighted by molar-refractivity contribution is 5.91. The smallest absolute Gasteiger partial charge is 0.408 e. The zero-order valence-electron chi connectivity index (χ0n) is 18.8. The number of hydrogen-bond acceptors (Lipinski definition) is 5. The monoisotopic (exact) mass is 452 g/mol. The first-order valence-electron chi connectivity index (χ1n) is 10.6. The van der Waals surface area contributed by atoms with Gasteiger partial charge in [0.15, 0.2) is 0 Å². The summed E-state index contributed by atoms with van der Waals surface area (Å²) in [5.74, 6) is -1.82. The van der Waals surface area contributed by atoms with Crippen LogP contribution in [0, 0.1) is 0 Å². The first-order chi connectivity index (χ1) is 15.6. The van der Waals surface area contributed by atoms with Crippen molar-refractivity contribution in [1.29, 1.82) is 0 Å². The summed E-state index contributed by atoms with van der Waals surface area (Å²) in [5, 5.41) is 16.7. The van der Waals surface area contributed by atoms with E-state index in [4.69, 9.17) is 4.74 Å². The maximum atomic E-state index is 13.2. The van der Waals surface area contributed by atoms with Gasteiger partial charge in [-0.25, -0.2) is 14.6 Å². The molecule has 9 heteroatoms. The quantitative estimate of drug-likeness (QED) is 0.415. The van der Waals surface area contributed by atoms with Crippen LogP contribution < -0.4 is 10.6 Å². The molecule has 9 nitrogen and oxygen atoms in total. The SMILES string of the molecule is CC(C)(C)OC(=O)N[C@@H](Cc1cccc2ccccc12)C(=O)N[C@@H](Cc1cnc[nH]1)C(=O)O. The molecule has 3 rings (SSSR count). The van der Waals surface area contributed by atoms with Crippen LogP contribution in [-0.4, -0.2) is 50.7 Å². The molecule has 0 bridgehead atoms. The number of rotatable bonds is 8. The molecule has 0 saturated heterocycles. The van der Waals surface area contributed by atoms with Gasteiger partial charge in [-0.2, -0.15) is 0 Å². The van der Waals surface area contributed by atoms with Crippen molar-refractivity contribution in [3.8, 4) is 0 Å². The van der Waals surface area contributed by atoms with Crippen LogP contribution in [0.5, 0.6) is 0 Å². The maximum absolute atomic E-state index is 13.2. The van der Waals surface area contributed by atoms with E-state index in [1.165, 1.54) is 12.5 Å². The van der Waals surface area contributed by atoms with E-state index >= 15 is 0 Å². The lowest BCUT2D eigenvalue weighted by atomic mass is 9.98. The molecule has 2 aromatic carbocycles. The number of amides is 2. The van der Waals surface area contributed by atoms with Crippen LogP contribution in [0.3, 0.4) is 0 Å². The van der Waals surface area contributed by atoms with Crippen LogP contribution in [0.15, 0.2) is 55.0 Å². The molecule has 0 saturated carbocycles. The minimum absolute atomic E-state index is 0.0223. The number of ether oxygens (including phenoxy) is 1. The molecule has 174 valence electrons. The summed E-state index contributed by atoms with van der Waals surface area (Å²) in [6, 6.07) is 11.2. The molecule has 1 heterocycles. The number of carboxylic acids is 1. The summed E-state index contributed by atoms with van der Waals surface area (Å²) in [6.07, 6.45) is 2.35. The number of imidazole rings is 1. The highest BCUT2D eigenvalue weighted by Gasteiger charge is 2.29. The Morgan fingerprint density at radius 3 is 2.42 bits per heavy atom. The van der Waals surface area contributed by atoms with Crippen LogP contribution >= 0.6 is 0 Å². The Balaban J connectivity index is 1.84. The van der Waals surface area contributed by atoms with Gasteiger partial charge in [0.1, 0.15) is 17.7 Å². The molecule has 3 aromatic rings. The Morgan fingerprint density at radius 2 is 1.76 bits per heavy atom. The van der Waals surface area contributed by atoms with Gasteiger partial charge in [-0.1, -0.05) is 42.5 Å². The Kier molecular flexibility index (Phi) is 7.32. The Labute approximate surface area is 191 Å². The second kappa shape index (κ2) is 10.2. The minimum Gasteiger partial charge on any atom is -0.480 e. The Hall–Kier alpha value is -3.88. The fourth-order valence-corrected chi connectivity index (χ4v) is 3.44. The minimum atomic E-state index is -1.20. The Morgan fingerprint density at radius 1 is 1.03 bits per heavy atom. The van der Waals surface area contributed by atoms with Gasteiger partial charge in [-0.3, -0.25) is 4.79 Å². The average molecular weight is 453 g/mol. The van der Waals surface area contributed by atoms with Crippen molar-refractivity contribution in [3.05, 3.63) is 66.2 Å². The van der Waals surface area contributed by atoms with Gasteiger partial charge in [0.2, 0.25) is 5.91 Å². The molecule has 0 fully saturated rings. The van der Waals surface area contributed by atoms with E-state index in [1.807, 2.05) is 42.5 Å². The molecule has 2 amide bonds. The van der Waals surface area contributed by atoms with E-state index in [1.54, 1.807) is 20.8 Å². The van der Waals surface area contributed by atoms with Crippen LogP contribution in [0.1, 0.15) is 32.0 Å². The fraction of sp³-hybridized carbons (Fsp3) is 0.333. The summed E-state index contributed by atoms with van der Waals surface area (Å²) in [7, 11) is 0. The topological polar surface area (TPSA) is 133 Å². The van der Waals surface area contributed by atoms with Gasteiger partial charge in [0.25, 0.3) is 0 Å². The van der Waals surface area contributed by atoms with Gasteiger partial charge in [0.05, 0.1) is 6.33 Å². The molecule has 1 aromatic heterocycles. The number of hydrogen-bond donors (Lipinski definition) is 4. The second-order valence-corrected chi connectivity index (χ2v) is 8.72. The number of benzene rings is 2. The molecule has 0 spiro atoms. The predicted molar refractivity (Wildman–Crippen MR) is 123 cm³/mol. The summed E-state index contributed by atoms with van der Waals surface area (Å²) in [6.45, 7) is 5.16. The number of aromatic nitrogens is 2. The zero-order chi connectivity index (χ0) is 24.0. The van der Waals surface area contributed by atoms with E-state index in [0.29, 0.717) is 5.69 Å². The standard InChI is InChI=1S/C24H28N4O5/c1-24(2,3)33-23(32)28-19(11-16-9-6-8-15-7-4-5-10-18(15)16)21(29)27-20(22(30)31)12-17-13-25-14-26-17/h4-10,13-14,19-20H,11-12H2,1-3H3,(H,25,26)(H,27,29)(H,28,32)(H,30,31)/t19-,20-/m0/s1. The number of H-pyrrole nitrogens is 1. The maximum Gasteiger partial charge on any atom is 0.408 e. The molecule has 0 unspecified atom stereocenters. The van der Waals surface area contributed by atoms with Crippen molar-refractivity contribution >= 4 is 28.7 Å². The van der Waals surface area contributed by atoms with E-state index < -0.39 is 35.7 Å². The van der Waals surface area contributed by atoms with Crippen LogP contribution in [0.2, 0.25) is 0 Å². The van der Waals surface area contributed by atoms with Crippen LogP contribution in [-0.2, 0) is 27.2 Å². The lowest BCUT2D eigenvalue weighted by Gasteiger charge is -2.25. The van der Waals surface area contributed by atoms with E-state index in [0.717, 1.165) is 16.3 Å². The third kappa shape index (κ3) is 6.80. The Bertz CT molecular complexity index is 1120. The summed E-state index contributed by atoms with van der Waals surface area (Å²) in [5.41, 5.74) is 0.646. The first-order valence-corrected chi connectivity index (χ1v) is 10.6. The lowest BCUT2D eigenvalue weighted by Crippen LogP contribution is -2.53. The molecule has 0 aliphatic carbocycles. The van der Waals surface area contributed by atoms with E-state index in [9.17, 15) is 19.5 Å². The number of nitrogens with zero attached hydrogens (tertiary/aromatic N) is 1. The van der Waals surface area contributed by atoms with Crippen molar-refractivity contribution < 1.29 is 24.2 Å². The van der Waals surface area contributed by atoms with E-state index in [-0.39, 0.29) is 12.8 Å². The highest BCUT2D eigenvalue weighted by atomic mass is 16.6.